The number of aliphatic hydroxyl groups is 5. The molecular formula is C6H16KMgNaO6. The van der Waals surface area contributed by atoms with Gasteiger partial charge in [0.05, 0.1) is 6.61 Å². The Hall–Kier alpha value is 2.87. The average Bonchev–Trinajstić information content (AvgIpc) is 2.12. The van der Waals surface area contributed by atoms with E-state index in [2.05, 4.69) is 0 Å². The van der Waals surface area contributed by atoms with Crippen molar-refractivity contribution in [3.05, 3.63) is 0 Å². The molecule has 0 aromatic rings. The second-order valence-corrected chi connectivity index (χ2v) is 2.36. The summed E-state index contributed by atoms with van der Waals surface area (Å²) in [5.74, 6) is 0. The Morgan fingerprint density at radius 3 is 1.80 bits per heavy atom. The van der Waals surface area contributed by atoms with Crippen molar-refractivity contribution in [1.82, 2.24) is 0 Å². The van der Waals surface area contributed by atoms with Crippen LogP contribution in [-0.2, 0) is 4.79 Å². The first-order valence-corrected chi connectivity index (χ1v) is 3.33. The Bertz CT molecular complexity index is 168. The smallest absolute Gasteiger partial charge is 1.00 e. The Morgan fingerprint density at radius 1 is 1.13 bits per heavy atom. The van der Waals surface area contributed by atoms with E-state index in [9.17, 15) is 4.79 Å². The van der Waals surface area contributed by atoms with Gasteiger partial charge in [-0.1, -0.05) is 0 Å². The summed E-state index contributed by atoms with van der Waals surface area (Å²) in [7, 11) is 0. The molecule has 0 aliphatic carbocycles. The second kappa shape index (κ2) is 14.9. The van der Waals surface area contributed by atoms with Gasteiger partial charge in [-0.2, -0.15) is 0 Å². The van der Waals surface area contributed by atoms with E-state index in [1.54, 1.807) is 0 Å². The SMILES string of the molecule is O=C[C@H](O)[C@@H](O)[C@H](O)[C@H](O)CO.[H-].[H-].[H-].[H-].[K+].[Mg+2].[Na+]. The molecule has 0 rings (SSSR count). The first kappa shape index (κ1) is 26.4. The fraction of sp³-hybridized carbons (Fsp3) is 0.833. The molecule has 80 valence electrons. The summed E-state index contributed by atoms with van der Waals surface area (Å²) in [5.41, 5.74) is 0. The number of carbonyl (C=O) groups is 1. The molecule has 0 aliphatic rings. The molecule has 0 heterocycles. The predicted octanol–water partition coefficient (Wildman–Crippen LogP) is -9.30. The quantitative estimate of drug-likeness (QED) is 0.250. The predicted molar refractivity (Wildman–Crippen MR) is 47.4 cm³/mol. The minimum atomic E-state index is -1.79. The largest absolute Gasteiger partial charge is 2.00 e. The van der Waals surface area contributed by atoms with Crippen molar-refractivity contribution in [3.63, 3.8) is 0 Å². The summed E-state index contributed by atoms with van der Waals surface area (Å²) in [5, 5.41) is 43.5. The van der Waals surface area contributed by atoms with Crippen LogP contribution in [-0.4, -0.2) is 85.9 Å². The molecule has 0 aromatic heterocycles. The van der Waals surface area contributed by atoms with E-state index in [0.717, 1.165) is 0 Å². The molecule has 0 fully saturated rings. The summed E-state index contributed by atoms with van der Waals surface area (Å²) < 4.78 is 0. The summed E-state index contributed by atoms with van der Waals surface area (Å²) in [6.45, 7) is -0.760. The van der Waals surface area contributed by atoms with Crippen LogP contribution in [0.3, 0.4) is 0 Å². The van der Waals surface area contributed by atoms with E-state index in [0.29, 0.717) is 0 Å². The van der Waals surface area contributed by atoms with Gasteiger partial charge in [0.1, 0.15) is 24.4 Å². The molecule has 15 heavy (non-hydrogen) atoms. The van der Waals surface area contributed by atoms with Crippen molar-refractivity contribution in [3.8, 4) is 0 Å². The first-order valence-electron chi connectivity index (χ1n) is 3.33. The Labute approximate surface area is 174 Å². The number of hydrogen-bond acceptors (Lipinski definition) is 6. The molecule has 0 spiro atoms. The van der Waals surface area contributed by atoms with Gasteiger partial charge in [-0.25, -0.2) is 0 Å². The molecule has 0 saturated carbocycles. The average molecular weight is 271 g/mol. The second-order valence-electron chi connectivity index (χ2n) is 2.36. The molecule has 0 aromatic carbocycles. The van der Waals surface area contributed by atoms with E-state index >= 15 is 0 Å². The van der Waals surface area contributed by atoms with Crippen LogP contribution in [0.25, 0.3) is 0 Å². The summed E-state index contributed by atoms with van der Waals surface area (Å²) in [6.07, 6.45) is -6.84. The van der Waals surface area contributed by atoms with Crippen LogP contribution < -0.4 is 80.9 Å². The third-order valence-electron chi connectivity index (χ3n) is 1.42. The van der Waals surface area contributed by atoms with E-state index in [1.807, 2.05) is 0 Å². The van der Waals surface area contributed by atoms with Crippen molar-refractivity contribution in [2.24, 2.45) is 0 Å². The van der Waals surface area contributed by atoms with Gasteiger partial charge in [-0.3, -0.25) is 0 Å². The number of rotatable bonds is 5. The van der Waals surface area contributed by atoms with Gasteiger partial charge < -0.3 is 36.0 Å². The molecule has 0 unspecified atom stereocenters. The fourth-order valence-corrected chi connectivity index (χ4v) is 0.618. The normalized spacial score (nSPS) is 16.9. The Balaban J connectivity index is -0.0000000288. The first-order chi connectivity index (χ1) is 5.54. The Morgan fingerprint density at radius 2 is 1.53 bits per heavy atom. The molecule has 0 radical (unpaired) electrons. The van der Waals surface area contributed by atoms with Crippen molar-refractivity contribution in [1.29, 1.82) is 0 Å². The number of carbonyl (C=O) groups excluding carboxylic acids is 1. The molecule has 5 N–H and O–H groups in total. The monoisotopic (exact) mass is 270 g/mol. The van der Waals surface area contributed by atoms with Crippen LogP contribution in [0.4, 0.5) is 0 Å². The summed E-state index contributed by atoms with van der Waals surface area (Å²) >= 11 is 0. The van der Waals surface area contributed by atoms with Crippen LogP contribution in [0, 0.1) is 0 Å². The van der Waals surface area contributed by atoms with E-state index < -0.39 is 31.0 Å². The topological polar surface area (TPSA) is 118 Å². The molecule has 6 nitrogen and oxygen atoms in total. The van der Waals surface area contributed by atoms with Crippen LogP contribution in [0.1, 0.15) is 5.71 Å². The minimum Gasteiger partial charge on any atom is -1.00 e. The van der Waals surface area contributed by atoms with Crippen LogP contribution in [0.2, 0.25) is 0 Å². The van der Waals surface area contributed by atoms with Gasteiger partial charge >= 0.3 is 104 Å². The van der Waals surface area contributed by atoms with Gasteiger partial charge in [-0.05, 0) is 0 Å². The van der Waals surface area contributed by atoms with Crippen LogP contribution in [0.5, 0.6) is 0 Å². The summed E-state index contributed by atoms with van der Waals surface area (Å²) in [4.78, 5) is 9.90. The third-order valence-corrected chi connectivity index (χ3v) is 1.42. The maximum Gasteiger partial charge on any atom is 2.00 e. The molecule has 0 saturated heterocycles. The maximum absolute atomic E-state index is 9.90. The molecular weight excluding hydrogens is 254 g/mol. The van der Waals surface area contributed by atoms with Gasteiger partial charge in [0.15, 0.2) is 6.29 Å². The van der Waals surface area contributed by atoms with Crippen molar-refractivity contribution in [2.45, 2.75) is 24.4 Å². The van der Waals surface area contributed by atoms with Crippen LogP contribution in [0.15, 0.2) is 0 Å². The van der Waals surface area contributed by atoms with Gasteiger partial charge in [0, 0.05) is 0 Å². The maximum atomic E-state index is 9.90. The number of hydrogen-bond donors (Lipinski definition) is 5. The summed E-state index contributed by atoms with van der Waals surface area (Å²) in [6, 6.07) is 0. The van der Waals surface area contributed by atoms with Crippen molar-refractivity contribution < 1.29 is 117 Å². The van der Waals surface area contributed by atoms with E-state index in [4.69, 9.17) is 25.5 Å². The van der Waals surface area contributed by atoms with E-state index in [-0.39, 0.29) is 116 Å². The fourth-order valence-electron chi connectivity index (χ4n) is 0.618. The Kier molecular flexibility index (Phi) is 26.3. The van der Waals surface area contributed by atoms with Gasteiger partial charge in [-0.15, -0.1) is 0 Å². The number of aldehydes is 1. The zero-order chi connectivity index (χ0) is 9.72. The van der Waals surface area contributed by atoms with E-state index in [1.165, 1.54) is 0 Å². The molecule has 0 bridgehead atoms. The van der Waals surface area contributed by atoms with Crippen LogP contribution >= 0.6 is 0 Å². The standard InChI is InChI=1S/C6H12O6.K.Mg.Na.4H/c7-1-3(9)5(11)6(12)4(10)2-8;;;;;;;/h1,3-6,8-12H,2H2;;;;;;;/q;+1;+2;+1;4*-1/t3-,4+,5+,6+;;;;;;;/m0......./s1. The number of aliphatic hydroxyl groups excluding tert-OH is 5. The van der Waals surface area contributed by atoms with Gasteiger partial charge in [0.25, 0.3) is 0 Å². The minimum absolute atomic E-state index is 0. The molecule has 9 heteroatoms. The van der Waals surface area contributed by atoms with Crippen molar-refractivity contribution >= 4 is 29.3 Å². The zero-order valence-electron chi connectivity index (χ0n) is 12.9. The molecule has 4 atom stereocenters. The zero-order valence-corrected chi connectivity index (χ0v) is 15.5. The van der Waals surface area contributed by atoms with Crippen molar-refractivity contribution in [2.75, 3.05) is 6.61 Å². The van der Waals surface area contributed by atoms with Gasteiger partial charge in [0.2, 0.25) is 0 Å². The third kappa shape index (κ3) is 10.5. The molecule has 0 aliphatic heterocycles. The molecule has 0 amide bonds.